The molecule has 0 heterocycles. The van der Waals surface area contributed by atoms with Crippen LogP contribution in [-0.4, -0.2) is 15.6 Å². The predicted octanol–water partition coefficient (Wildman–Crippen LogP) is 2.95. The minimum Gasteiger partial charge on any atom is -0.272 e. The molecule has 0 radical (unpaired) electrons. The third-order valence-electron chi connectivity index (χ3n) is 2.58. The van der Waals surface area contributed by atoms with E-state index in [9.17, 15) is 20.2 Å². The number of rotatable bonds is 5. The molecule has 1 N–H and O–H groups in total. The zero-order chi connectivity index (χ0) is 14.6. The Labute approximate surface area is 109 Å². The number of benzene rings is 1. The first-order valence-electron chi connectivity index (χ1n) is 5.56. The maximum Gasteiger partial charge on any atom is 0.301 e. The summed E-state index contributed by atoms with van der Waals surface area (Å²) in [6.45, 7) is 5.66. The van der Waals surface area contributed by atoms with Crippen LogP contribution < -0.4 is 5.43 Å². The SMILES string of the molecule is CC(=NNc1ccc([N+](=O)[O-])cc1[N+](=O)[O-])C(C)C. The number of nitro benzene ring substituents is 2. The summed E-state index contributed by atoms with van der Waals surface area (Å²) >= 11 is 0. The van der Waals surface area contributed by atoms with E-state index in [-0.39, 0.29) is 23.0 Å². The molecule has 0 amide bonds. The van der Waals surface area contributed by atoms with Crippen LogP contribution in [0.15, 0.2) is 23.3 Å². The van der Waals surface area contributed by atoms with Gasteiger partial charge in [-0.15, -0.1) is 0 Å². The van der Waals surface area contributed by atoms with Crippen LogP contribution in [0.25, 0.3) is 0 Å². The van der Waals surface area contributed by atoms with Crippen molar-refractivity contribution in [2.24, 2.45) is 11.0 Å². The molecule has 0 unspecified atom stereocenters. The van der Waals surface area contributed by atoms with Gasteiger partial charge in [-0.05, 0) is 18.9 Å². The van der Waals surface area contributed by atoms with Crippen molar-refractivity contribution in [3.63, 3.8) is 0 Å². The van der Waals surface area contributed by atoms with E-state index in [0.29, 0.717) is 0 Å². The third kappa shape index (κ3) is 3.73. The van der Waals surface area contributed by atoms with Crippen molar-refractivity contribution in [3.05, 3.63) is 38.4 Å². The first-order chi connectivity index (χ1) is 8.82. The number of nitrogens with one attached hydrogen (secondary N) is 1. The van der Waals surface area contributed by atoms with E-state index in [4.69, 9.17) is 0 Å². The van der Waals surface area contributed by atoms with Crippen molar-refractivity contribution in [2.45, 2.75) is 20.8 Å². The largest absolute Gasteiger partial charge is 0.301 e. The molecule has 102 valence electrons. The molecule has 8 heteroatoms. The van der Waals surface area contributed by atoms with Crippen molar-refractivity contribution in [2.75, 3.05) is 5.43 Å². The van der Waals surface area contributed by atoms with Gasteiger partial charge in [0.2, 0.25) is 0 Å². The van der Waals surface area contributed by atoms with Crippen LogP contribution in [0.2, 0.25) is 0 Å². The Morgan fingerprint density at radius 2 is 1.89 bits per heavy atom. The third-order valence-corrected chi connectivity index (χ3v) is 2.58. The second kappa shape index (κ2) is 5.89. The smallest absolute Gasteiger partial charge is 0.272 e. The van der Waals surface area contributed by atoms with E-state index in [0.717, 1.165) is 11.8 Å². The second-order valence-corrected chi connectivity index (χ2v) is 4.24. The molecule has 0 aromatic heterocycles. The normalized spacial score (nSPS) is 11.5. The number of anilines is 1. The van der Waals surface area contributed by atoms with Crippen LogP contribution in [-0.2, 0) is 0 Å². The molecular formula is C11H14N4O4. The summed E-state index contributed by atoms with van der Waals surface area (Å²) in [7, 11) is 0. The second-order valence-electron chi connectivity index (χ2n) is 4.24. The highest BCUT2D eigenvalue weighted by Crippen LogP contribution is 2.28. The minimum absolute atomic E-state index is 0.121. The van der Waals surface area contributed by atoms with Gasteiger partial charge in [0.05, 0.1) is 15.9 Å². The first-order valence-corrected chi connectivity index (χ1v) is 5.56. The zero-order valence-corrected chi connectivity index (χ0v) is 10.8. The average molecular weight is 266 g/mol. The van der Waals surface area contributed by atoms with Crippen LogP contribution in [0, 0.1) is 26.1 Å². The molecule has 1 aromatic carbocycles. The highest BCUT2D eigenvalue weighted by molar-refractivity contribution is 5.84. The molecule has 0 aliphatic rings. The van der Waals surface area contributed by atoms with Crippen molar-refractivity contribution < 1.29 is 9.85 Å². The topological polar surface area (TPSA) is 111 Å². The molecule has 0 saturated heterocycles. The maximum absolute atomic E-state index is 10.9. The highest BCUT2D eigenvalue weighted by atomic mass is 16.6. The first kappa shape index (κ1) is 14.6. The Morgan fingerprint density at radius 1 is 1.26 bits per heavy atom. The molecule has 0 atom stereocenters. The number of nitro groups is 2. The minimum atomic E-state index is -0.685. The highest BCUT2D eigenvalue weighted by Gasteiger charge is 2.19. The summed E-state index contributed by atoms with van der Waals surface area (Å²) in [4.78, 5) is 20.1. The molecule has 0 fully saturated rings. The number of nitrogens with zero attached hydrogens (tertiary/aromatic N) is 3. The Morgan fingerprint density at radius 3 is 2.37 bits per heavy atom. The van der Waals surface area contributed by atoms with Crippen molar-refractivity contribution in [1.29, 1.82) is 0 Å². The van der Waals surface area contributed by atoms with Crippen LogP contribution >= 0.6 is 0 Å². The fraction of sp³-hybridized carbons (Fsp3) is 0.364. The Bertz CT molecular complexity index is 539. The zero-order valence-electron chi connectivity index (χ0n) is 10.8. The molecule has 0 aliphatic carbocycles. The summed E-state index contributed by atoms with van der Waals surface area (Å²) in [6.07, 6.45) is 0. The number of hydrazone groups is 1. The fourth-order valence-electron chi connectivity index (χ4n) is 1.16. The number of non-ortho nitro benzene ring substituents is 1. The molecule has 1 rings (SSSR count). The van der Waals surface area contributed by atoms with Gasteiger partial charge in [0, 0.05) is 11.8 Å². The summed E-state index contributed by atoms with van der Waals surface area (Å²) < 4.78 is 0. The van der Waals surface area contributed by atoms with E-state index in [2.05, 4.69) is 10.5 Å². The van der Waals surface area contributed by atoms with E-state index >= 15 is 0 Å². The Kier molecular flexibility index (Phi) is 4.51. The van der Waals surface area contributed by atoms with Gasteiger partial charge in [-0.1, -0.05) is 13.8 Å². The number of hydrogen-bond donors (Lipinski definition) is 1. The van der Waals surface area contributed by atoms with E-state index in [1.807, 2.05) is 13.8 Å². The summed E-state index contributed by atoms with van der Waals surface area (Å²) in [5, 5.41) is 25.5. The summed E-state index contributed by atoms with van der Waals surface area (Å²) in [5.74, 6) is 0.199. The van der Waals surface area contributed by atoms with Gasteiger partial charge >= 0.3 is 5.69 Å². The van der Waals surface area contributed by atoms with Gasteiger partial charge in [0.25, 0.3) is 5.69 Å². The molecular weight excluding hydrogens is 252 g/mol. The van der Waals surface area contributed by atoms with Crippen LogP contribution in [0.3, 0.4) is 0 Å². The van der Waals surface area contributed by atoms with Gasteiger partial charge in [-0.3, -0.25) is 25.7 Å². The fourth-order valence-corrected chi connectivity index (χ4v) is 1.16. The lowest BCUT2D eigenvalue weighted by Gasteiger charge is -2.06. The van der Waals surface area contributed by atoms with Gasteiger partial charge in [-0.25, -0.2) is 0 Å². The Balaban J connectivity index is 3.11. The summed E-state index contributed by atoms with van der Waals surface area (Å²) in [5.41, 5.74) is 2.75. The monoisotopic (exact) mass is 266 g/mol. The van der Waals surface area contributed by atoms with Crippen LogP contribution in [0.5, 0.6) is 0 Å². The van der Waals surface area contributed by atoms with Crippen molar-refractivity contribution in [1.82, 2.24) is 0 Å². The van der Waals surface area contributed by atoms with Crippen molar-refractivity contribution in [3.8, 4) is 0 Å². The van der Waals surface area contributed by atoms with E-state index in [1.165, 1.54) is 12.1 Å². The van der Waals surface area contributed by atoms with Crippen LogP contribution in [0.4, 0.5) is 17.1 Å². The van der Waals surface area contributed by atoms with Crippen molar-refractivity contribution >= 4 is 22.8 Å². The lowest BCUT2D eigenvalue weighted by Crippen LogP contribution is -2.06. The molecule has 19 heavy (non-hydrogen) atoms. The molecule has 0 spiro atoms. The lowest BCUT2D eigenvalue weighted by atomic mass is 10.1. The van der Waals surface area contributed by atoms with E-state index in [1.54, 1.807) is 6.92 Å². The lowest BCUT2D eigenvalue weighted by molar-refractivity contribution is -0.393. The molecule has 0 bridgehead atoms. The molecule has 0 saturated carbocycles. The van der Waals surface area contributed by atoms with Gasteiger partial charge < -0.3 is 0 Å². The standard InChI is InChI=1S/C11H14N4O4/c1-7(2)8(3)12-13-10-5-4-9(14(16)17)6-11(10)15(18)19/h4-7,13H,1-3H3. The molecule has 8 nitrogen and oxygen atoms in total. The maximum atomic E-state index is 10.9. The predicted molar refractivity (Wildman–Crippen MR) is 71.3 cm³/mol. The number of hydrogen-bond acceptors (Lipinski definition) is 6. The quantitative estimate of drug-likeness (QED) is 0.500. The van der Waals surface area contributed by atoms with Gasteiger partial charge in [0.15, 0.2) is 0 Å². The van der Waals surface area contributed by atoms with Crippen LogP contribution in [0.1, 0.15) is 20.8 Å². The molecule has 1 aromatic rings. The van der Waals surface area contributed by atoms with Gasteiger partial charge in [0.1, 0.15) is 5.69 Å². The Hall–Kier alpha value is -2.51. The average Bonchev–Trinajstić information content (AvgIpc) is 2.35. The van der Waals surface area contributed by atoms with E-state index < -0.39 is 9.85 Å². The van der Waals surface area contributed by atoms with Gasteiger partial charge in [-0.2, -0.15) is 5.10 Å². The molecule has 0 aliphatic heterocycles. The summed E-state index contributed by atoms with van der Waals surface area (Å²) in [6, 6.07) is 3.37.